The highest BCUT2D eigenvalue weighted by atomic mass is 15.2. The van der Waals surface area contributed by atoms with Crippen molar-refractivity contribution in [3.8, 4) is 0 Å². The van der Waals surface area contributed by atoms with Crippen molar-refractivity contribution < 1.29 is 0 Å². The number of fused-ring (bicyclic) bond motifs is 1. The topological polar surface area (TPSA) is 41.1 Å². The van der Waals surface area contributed by atoms with E-state index in [0.717, 1.165) is 18.8 Å². The Labute approximate surface area is 139 Å². The lowest BCUT2D eigenvalue weighted by molar-refractivity contribution is 0.187. The van der Waals surface area contributed by atoms with Crippen molar-refractivity contribution in [3.63, 3.8) is 0 Å². The zero-order valence-electron chi connectivity index (χ0n) is 14.6. The molecule has 1 aromatic heterocycles. The van der Waals surface area contributed by atoms with Gasteiger partial charge < -0.3 is 5.32 Å². The fraction of sp³-hybridized carbons (Fsp3) is 0.474. The quantitative estimate of drug-likeness (QED) is 0.892. The Morgan fingerprint density at radius 3 is 2.43 bits per heavy atom. The standard InChI is InChI=1S/C19H26N4/c1-5-17(6-2)23-11-15-10-20-19(22-18(15)12-23)21-16-8-13(3)7-14(4)9-16/h7-10,17H,5-6,11-12H2,1-4H3,(H,20,21,22). The smallest absolute Gasteiger partial charge is 0.227 e. The fourth-order valence-electron chi connectivity index (χ4n) is 3.48. The number of nitrogens with zero attached hydrogens (tertiary/aromatic N) is 3. The monoisotopic (exact) mass is 310 g/mol. The minimum atomic E-state index is 0.639. The summed E-state index contributed by atoms with van der Waals surface area (Å²) in [5, 5.41) is 3.35. The lowest BCUT2D eigenvalue weighted by Gasteiger charge is -2.24. The van der Waals surface area contributed by atoms with E-state index in [-0.39, 0.29) is 0 Å². The van der Waals surface area contributed by atoms with Gasteiger partial charge in [-0.25, -0.2) is 9.97 Å². The molecule has 0 amide bonds. The molecule has 122 valence electrons. The predicted molar refractivity (Wildman–Crippen MR) is 94.8 cm³/mol. The largest absolute Gasteiger partial charge is 0.324 e. The summed E-state index contributed by atoms with van der Waals surface area (Å²) in [5.41, 5.74) is 5.97. The summed E-state index contributed by atoms with van der Waals surface area (Å²) < 4.78 is 0. The number of aryl methyl sites for hydroxylation is 2. The molecular weight excluding hydrogens is 284 g/mol. The van der Waals surface area contributed by atoms with Crippen LogP contribution in [0.25, 0.3) is 0 Å². The summed E-state index contributed by atoms with van der Waals surface area (Å²) >= 11 is 0. The molecule has 2 heterocycles. The van der Waals surface area contributed by atoms with Crippen LogP contribution in [0, 0.1) is 13.8 Å². The average Bonchev–Trinajstić information content (AvgIpc) is 2.90. The van der Waals surface area contributed by atoms with Crippen molar-refractivity contribution in [3.05, 3.63) is 46.8 Å². The van der Waals surface area contributed by atoms with Crippen molar-refractivity contribution in [2.45, 2.75) is 59.7 Å². The van der Waals surface area contributed by atoms with Gasteiger partial charge in [0.1, 0.15) is 0 Å². The van der Waals surface area contributed by atoms with E-state index in [4.69, 9.17) is 4.98 Å². The predicted octanol–water partition coefficient (Wildman–Crippen LogP) is 4.34. The molecule has 3 rings (SSSR count). The molecule has 0 saturated heterocycles. The summed E-state index contributed by atoms with van der Waals surface area (Å²) in [7, 11) is 0. The van der Waals surface area contributed by atoms with Gasteiger partial charge in [0.15, 0.2) is 0 Å². The van der Waals surface area contributed by atoms with E-state index < -0.39 is 0 Å². The van der Waals surface area contributed by atoms with Crippen LogP contribution < -0.4 is 5.32 Å². The lowest BCUT2D eigenvalue weighted by atomic mass is 10.1. The van der Waals surface area contributed by atoms with Gasteiger partial charge in [0.25, 0.3) is 0 Å². The van der Waals surface area contributed by atoms with Crippen molar-refractivity contribution in [2.75, 3.05) is 5.32 Å². The first-order chi connectivity index (χ1) is 11.1. The summed E-state index contributed by atoms with van der Waals surface area (Å²) in [6.07, 6.45) is 4.35. The number of hydrogen-bond acceptors (Lipinski definition) is 4. The lowest BCUT2D eigenvalue weighted by Crippen LogP contribution is -2.29. The zero-order chi connectivity index (χ0) is 16.4. The SMILES string of the molecule is CCC(CC)N1Cc2cnc(Nc3cc(C)cc(C)c3)nc2C1. The van der Waals surface area contributed by atoms with Crippen LogP contribution in [0.5, 0.6) is 0 Å². The van der Waals surface area contributed by atoms with Gasteiger partial charge in [0.2, 0.25) is 5.95 Å². The number of aromatic nitrogens is 2. The fourth-order valence-corrected chi connectivity index (χ4v) is 3.48. The number of anilines is 2. The van der Waals surface area contributed by atoms with Gasteiger partial charge in [0.05, 0.1) is 5.69 Å². The Bertz CT molecular complexity index is 672. The minimum absolute atomic E-state index is 0.639. The maximum Gasteiger partial charge on any atom is 0.227 e. The maximum absolute atomic E-state index is 4.75. The van der Waals surface area contributed by atoms with Crippen molar-refractivity contribution in [2.24, 2.45) is 0 Å². The molecule has 0 unspecified atom stereocenters. The molecule has 4 nitrogen and oxygen atoms in total. The third-order valence-corrected chi connectivity index (χ3v) is 4.62. The van der Waals surface area contributed by atoms with Gasteiger partial charge in [-0.1, -0.05) is 19.9 Å². The summed E-state index contributed by atoms with van der Waals surface area (Å²) in [5.74, 6) is 0.695. The molecule has 0 saturated carbocycles. The Morgan fingerprint density at radius 1 is 1.09 bits per heavy atom. The van der Waals surface area contributed by atoms with Crippen LogP contribution in [0.15, 0.2) is 24.4 Å². The second kappa shape index (κ2) is 6.67. The normalized spacial score (nSPS) is 14.3. The second-order valence-corrected chi connectivity index (χ2v) is 6.54. The van der Waals surface area contributed by atoms with Crippen molar-refractivity contribution >= 4 is 11.6 Å². The van der Waals surface area contributed by atoms with Crippen LogP contribution in [0.2, 0.25) is 0 Å². The van der Waals surface area contributed by atoms with E-state index in [2.05, 4.69) is 61.1 Å². The molecular formula is C19H26N4. The van der Waals surface area contributed by atoms with Crippen LogP contribution in [0.1, 0.15) is 49.1 Å². The maximum atomic E-state index is 4.75. The molecule has 1 aliphatic heterocycles. The van der Waals surface area contributed by atoms with Crippen LogP contribution in [0.3, 0.4) is 0 Å². The summed E-state index contributed by atoms with van der Waals surface area (Å²) in [4.78, 5) is 11.8. The number of rotatable bonds is 5. The molecule has 1 aromatic carbocycles. The Balaban J connectivity index is 1.77. The van der Waals surface area contributed by atoms with E-state index in [9.17, 15) is 0 Å². The molecule has 0 fully saturated rings. The third kappa shape index (κ3) is 3.53. The van der Waals surface area contributed by atoms with Crippen LogP contribution in [0.4, 0.5) is 11.6 Å². The molecule has 0 spiro atoms. The van der Waals surface area contributed by atoms with Crippen molar-refractivity contribution in [1.29, 1.82) is 0 Å². The molecule has 1 aliphatic rings. The van der Waals surface area contributed by atoms with Gasteiger partial charge in [-0.05, 0) is 49.9 Å². The Hall–Kier alpha value is -1.94. The van der Waals surface area contributed by atoms with E-state index >= 15 is 0 Å². The molecule has 0 atom stereocenters. The number of benzene rings is 1. The average molecular weight is 310 g/mol. The highest BCUT2D eigenvalue weighted by Gasteiger charge is 2.25. The van der Waals surface area contributed by atoms with E-state index in [1.54, 1.807) is 0 Å². The van der Waals surface area contributed by atoms with Gasteiger partial charge in [-0.2, -0.15) is 0 Å². The van der Waals surface area contributed by atoms with Gasteiger partial charge in [-0.3, -0.25) is 4.90 Å². The van der Waals surface area contributed by atoms with Crippen molar-refractivity contribution in [1.82, 2.24) is 14.9 Å². The van der Waals surface area contributed by atoms with E-state index in [1.165, 1.54) is 35.2 Å². The summed E-state index contributed by atoms with van der Waals surface area (Å²) in [6.45, 7) is 10.6. The molecule has 2 aromatic rings. The Morgan fingerprint density at radius 2 is 1.78 bits per heavy atom. The molecule has 4 heteroatoms. The molecule has 0 radical (unpaired) electrons. The first kappa shape index (κ1) is 15.9. The van der Waals surface area contributed by atoms with Gasteiger partial charge in [-0.15, -0.1) is 0 Å². The molecule has 1 N–H and O–H groups in total. The first-order valence-electron chi connectivity index (χ1n) is 8.53. The highest BCUT2D eigenvalue weighted by Crippen LogP contribution is 2.26. The van der Waals surface area contributed by atoms with E-state index in [1.807, 2.05) is 6.20 Å². The minimum Gasteiger partial charge on any atom is -0.324 e. The molecule has 0 aliphatic carbocycles. The Kier molecular flexibility index (Phi) is 4.62. The summed E-state index contributed by atoms with van der Waals surface area (Å²) in [6, 6.07) is 7.06. The van der Waals surface area contributed by atoms with Crippen LogP contribution in [-0.4, -0.2) is 20.9 Å². The van der Waals surface area contributed by atoms with Crippen LogP contribution in [-0.2, 0) is 13.1 Å². The highest BCUT2D eigenvalue weighted by molar-refractivity contribution is 5.56. The van der Waals surface area contributed by atoms with Gasteiger partial charge >= 0.3 is 0 Å². The third-order valence-electron chi connectivity index (χ3n) is 4.62. The molecule has 23 heavy (non-hydrogen) atoms. The zero-order valence-corrected chi connectivity index (χ0v) is 14.6. The van der Waals surface area contributed by atoms with E-state index in [0.29, 0.717) is 12.0 Å². The number of hydrogen-bond donors (Lipinski definition) is 1. The first-order valence-corrected chi connectivity index (χ1v) is 8.53. The van der Waals surface area contributed by atoms with Crippen LogP contribution >= 0.6 is 0 Å². The number of nitrogens with one attached hydrogen (secondary N) is 1. The molecule has 0 bridgehead atoms. The second-order valence-electron chi connectivity index (χ2n) is 6.54. The van der Waals surface area contributed by atoms with Gasteiger partial charge in [0, 0.05) is 36.6 Å².